The van der Waals surface area contributed by atoms with Crippen LogP contribution in [0.5, 0.6) is 0 Å². The molecule has 26 heavy (non-hydrogen) atoms. The number of nitrogens with zero attached hydrogens (tertiary/aromatic N) is 1. The number of carboxylic acids is 1. The van der Waals surface area contributed by atoms with E-state index in [1.807, 2.05) is 11.0 Å². The highest BCUT2D eigenvalue weighted by Crippen LogP contribution is 2.29. The van der Waals surface area contributed by atoms with Gasteiger partial charge >= 0.3 is 5.97 Å². The van der Waals surface area contributed by atoms with E-state index in [9.17, 15) is 14.7 Å². The van der Waals surface area contributed by atoms with Gasteiger partial charge in [-0.1, -0.05) is 36.4 Å². The van der Waals surface area contributed by atoms with E-state index in [-0.39, 0.29) is 11.5 Å². The summed E-state index contributed by atoms with van der Waals surface area (Å²) in [7, 11) is 0. The Kier molecular flexibility index (Phi) is 5.40. The number of amides is 1. The van der Waals surface area contributed by atoms with Gasteiger partial charge in [-0.25, -0.2) is 4.79 Å². The Bertz CT molecular complexity index is 824. The fourth-order valence-corrected chi connectivity index (χ4v) is 3.24. The number of aromatic carboxylic acids is 1. The summed E-state index contributed by atoms with van der Waals surface area (Å²) in [5, 5.41) is 9.29. The summed E-state index contributed by atoms with van der Waals surface area (Å²) in [6.07, 6.45) is 2.91. The van der Waals surface area contributed by atoms with Gasteiger partial charge in [0.2, 0.25) is 5.91 Å². The predicted octanol–water partition coefficient (Wildman–Crippen LogP) is 4.13. The van der Waals surface area contributed by atoms with Crippen molar-refractivity contribution < 1.29 is 14.7 Å². The van der Waals surface area contributed by atoms with Gasteiger partial charge in [-0.3, -0.25) is 4.79 Å². The molecule has 0 atom stereocenters. The summed E-state index contributed by atoms with van der Waals surface area (Å²) >= 11 is 0. The monoisotopic (exact) mass is 351 g/mol. The molecule has 136 valence electrons. The normalized spacial score (nSPS) is 13.5. The van der Waals surface area contributed by atoms with Gasteiger partial charge in [-0.2, -0.15) is 0 Å². The maximum atomic E-state index is 12.8. The van der Waals surface area contributed by atoms with Crippen molar-refractivity contribution in [3.8, 4) is 0 Å². The number of rotatable bonds is 7. The number of hydrogen-bond donors (Lipinski definition) is 1. The summed E-state index contributed by atoms with van der Waals surface area (Å²) in [4.78, 5) is 26.1. The highest BCUT2D eigenvalue weighted by atomic mass is 16.4. The molecule has 0 aromatic heterocycles. The molecule has 2 aromatic carbocycles. The van der Waals surface area contributed by atoms with Crippen molar-refractivity contribution in [2.75, 3.05) is 0 Å². The van der Waals surface area contributed by atoms with Crippen molar-refractivity contribution in [2.24, 2.45) is 0 Å². The van der Waals surface area contributed by atoms with Crippen LogP contribution in [0.15, 0.2) is 42.5 Å². The second-order valence-electron chi connectivity index (χ2n) is 7.13. The molecule has 1 fully saturated rings. The van der Waals surface area contributed by atoms with Gasteiger partial charge in [-0.05, 0) is 61.4 Å². The van der Waals surface area contributed by atoms with Gasteiger partial charge < -0.3 is 10.0 Å². The Morgan fingerprint density at radius 1 is 1.08 bits per heavy atom. The smallest absolute Gasteiger partial charge is 0.335 e. The molecule has 1 aliphatic carbocycles. The third-order valence-electron chi connectivity index (χ3n) is 5.09. The minimum atomic E-state index is -0.942. The lowest BCUT2D eigenvalue weighted by atomic mass is 10.0. The first kappa shape index (κ1) is 18.2. The fraction of sp³-hybridized carbons (Fsp3) is 0.364. The molecule has 1 N–H and O–H groups in total. The summed E-state index contributed by atoms with van der Waals surface area (Å²) in [5.41, 5.74) is 4.64. The van der Waals surface area contributed by atoms with Crippen LogP contribution in [0.4, 0.5) is 0 Å². The molecule has 0 bridgehead atoms. The molecule has 0 unspecified atom stereocenters. The minimum absolute atomic E-state index is 0.103. The molecule has 3 rings (SSSR count). The van der Waals surface area contributed by atoms with Crippen LogP contribution in [-0.2, 0) is 17.8 Å². The van der Waals surface area contributed by atoms with Gasteiger partial charge in [0, 0.05) is 19.0 Å². The van der Waals surface area contributed by atoms with Crippen molar-refractivity contribution in [3.05, 3.63) is 70.3 Å². The number of benzene rings is 2. The van der Waals surface area contributed by atoms with E-state index < -0.39 is 5.97 Å². The van der Waals surface area contributed by atoms with Crippen molar-refractivity contribution >= 4 is 11.9 Å². The number of carbonyl (C=O) groups excluding carboxylic acids is 1. The van der Waals surface area contributed by atoms with Crippen molar-refractivity contribution in [1.29, 1.82) is 0 Å². The van der Waals surface area contributed by atoms with Gasteiger partial charge in [0.25, 0.3) is 0 Å². The van der Waals surface area contributed by atoms with E-state index in [2.05, 4.69) is 32.0 Å². The summed E-state index contributed by atoms with van der Waals surface area (Å²) in [6.45, 7) is 4.80. The third kappa shape index (κ3) is 4.31. The molecule has 1 saturated carbocycles. The van der Waals surface area contributed by atoms with Crippen LogP contribution in [0.25, 0.3) is 0 Å². The Morgan fingerprint density at radius 3 is 2.46 bits per heavy atom. The lowest BCUT2D eigenvalue weighted by Crippen LogP contribution is -2.32. The molecule has 0 spiro atoms. The number of hydrogen-bond acceptors (Lipinski definition) is 2. The van der Waals surface area contributed by atoms with Crippen molar-refractivity contribution in [2.45, 2.75) is 52.1 Å². The summed E-state index contributed by atoms with van der Waals surface area (Å²) in [6, 6.07) is 13.6. The lowest BCUT2D eigenvalue weighted by molar-refractivity contribution is -0.132. The van der Waals surface area contributed by atoms with Crippen LogP contribution >= 0.6 is 0 Å². The second kappa shape index (κ2) is 7.73. The zero-order chi connectivity index (χ0) is 18.7. The Hall–Kier alpha value is -2.62. The van der Waals surface area contributed by atoms with Crippen LogP contribution < -0.4 is 0 Å². The maximum absolute atomic E-state index is 12.8. The first-order valence-corrected chi connectivity index (χ1v) is 9.12. The third-order valence-corrected chi connectivity index (χ3v) is 5.09. The molecule has 4 nitrogen and oxygen atoms in total. The van der Waals surface area contributed by atoms with Gasteiger partial charge in [0.05, 0.1) is 5.56 Å². The first-order valence-electron chi connectivity index (χ1n) is 9.12. The van der Waals surface area contributed by atoms with Crippen LogP contribution in [-0.4, -0.2) is 27.9 Å². The average Bonchev–Trinajstić information content (AvgIpc) is 3.45. The second-order valence-corrected chi connectivity index (χ2v) is 7.13. The summed E-state index contributed by atoms with van der Waals surface area (Å²) in [5.74, 6) is -0.840. The highest BCUT2D eigenvalue weighted by molar-refractivity contribution is 5.89. The van der Waals surface area contributed by atoms with Crippen LogP contribution in [0, 0.1) is 13.8 Å². The van der Waals surface area contributed by atoms with Gasteiger partial charge in [-0.15, -0.1) is 0 Å². The average molecular weight is 351 g/mol. The van der Waals surface area contributed by atoms with Crippen molar-refractivity contribution in [3.63, 3.8) is 0 Å². The molecular formula is C22H25NO3. The molecule has 1 aliphatic rings. The summed E-state index contributed by atoms with van der Waals surface area (Å²) < 4.78 is 0. The number of carboxylic acid groups (broad SMARTS) is 1. The van der Waals surface area contributed by atoms with Gasteiger partial charge in [0.15, 0.2) is 0 Å². The van der Waals surface area contributed by atoms with E-state index in [0.717, 1.165) is 24.0 Å². The van der Waals surface area contributed by atoms with E-state index in [4.69, 9.17) is 0 Å². The van der Waals surface area contributed by atoms with E-state index in [1.54, 1.807) is 18.2 Å². The number of carbonyl (C=O) groups is 2. The van der Waals surface area contributed by atoms with Crippen LogP contribution in [0.1, 0.15) is 51.9 Å². The standard InChI is InChI=1S/C22H25NO3/c1-15-7-8-17(13-16(15)2)14-23(19-10-11-19)21(24)12-9-18-5-3-4-6-20(18)22(25)26/h3-8,13,19H,9-12,14H2,1-2H3,(H,25,26). The zero-order valence-electron chi connectivity index (χ0n) is 15.4. The minimum Gasteiger partial charge on any atom is -0.478 e. The molecule has 2 aromatic rings. The fourth-order valence-electron chi connectivity index (χ4n) is 3.24. The molecule has 4 heteroatoms. The molecule has 0 saturated heterocycles. The van der Waals surface area contributed by atoms with Crippen LogP contribution in [0.3, 0.4) is 0 Å². The number of aryl methyl sites for hydroxylation is 3. The molecular weight excluding hydrogens is 326 g/mol. The highest BCUT2D eigenvalue weighted by Gasteiger charge is 2.32. The molecule has 0 aliphatic heterocycles. The zero-order valence-corrected chi connectivity index (χ0v) is 15.4. The molecule has 1 amide bonds. The van der Waals surface area contributed by atoms with E-state index in [1.165, 1.54) is 11.1 Å². The van der Waals surface area contributed by atoms with E-state index >= 15 is 0 Å². The van der Waals surface area contributed by atoms with E-state index in [0.29, 0.717) is 25.4 Å². The topological polar surface area (TPSA) is 57.6 Å². The van der Waals surface area contributed by atoms with Crippen LogP contribution in [0.2, 0.25) is 0 Å². The molecule has 0 radical (unpaired) electrons. The molecule has 0 heterocycles. The first-order chi connectivity index (χ1) is 12.5. The Balaban J connectivity index is 1.68. The predicted molar refractivity (Wildman–Crippen MR) is 101 cm³/mol. The quantitative estimate of drug-likeness (QED) is 0.816. The Morgan fingerprint density at radius 2 is 1.81 bits per heavy atom. The Labute approximate surface area is 154 Å². The van der Waals surface area contributed by atoms with Crippen molar-refractivity contribution in [1.82, 2.24) is 4.90 Å². The maximum Gasteiger partial charge on any atom is 0.335 e. The largest absolute Gasteiger partial charge is 0.478 e. The lowest BCUT2D eigenvalue weighted by Gasteiger charge is -2.23. The SMILES string of the molecule is Cc1ccc(CN(C(=O)CCc2ccccc2C(=O)O)C2CC2)cc1C. The van der Waals surface area contributed by atoms with Gasteiger partial charge in [0.1, 0.15) is 0 Å².